The topological polar surface area (TPSA) is 78.1 Å². The molecule has 0 bridgehead atoms. The summed E-state index contributed by atoms with van der Waals surface area (Å²) < 4.78 is 17.2. The van der Waals surface area contributed by atoms with Crippen molar-refractivity contribution in [3.63, 3.8) is 0 Å². The van der Waals surface area contributed by atoms with Crippen LogP contribution in [-0.2, 0) is 16.6 Å². The number of aromatic nitrogens is 2. The molecule has 2 aromatic rings. The minimum atomic E-state index is -1.24. The van der Waals surface area contributed by atoms with Gasteiger partial charge in [0, 0.05) is 12.3 Å². The molecule has 0 saturated heterocycles. The lowest BCUT2D eigenvalue weighted by atomic mass is 10.4. The van der Waals surface area contributed by atoms with Gasteiger partial charge in [0.2, 0.25) is 5.88 Å². The third kappa shape index (κ3) is 2.84. The second kappa shape index (κ2) is 5.59. The summed E-state index contributed by atoms with van der Waals surface area (Å²) in [5.74, 6) is 0.804. The Kier molecular flexibility index (Phi) is 3.88. The number of nitrogens with zero attached hydrogens (tertiary/aromatic N) is 2. The lowest BCUT2D eigenvalue weighted by Gasteiger charge is -2.05. The van der Waals surface area contributed by atoms with Gasteiger partial charge in [-0.1, -0.05) is 6.07 Å². The molecule has 0 aliphatic carbocycles. The molecule has 0 aliphatic rings. The molecule has 1 atom stereocenters. The first-order valence-electron chi connectivity index (χ1n) is 5.28. The number of methoxy groups -OCH3 is 1. The van der Waals surface area contributed by atoms with E-state index in [1.54, 1.807) is 31.5 Å². The summed E-state index contributed by atoms with van der Waals surface area (Å²) in [6, 6.07) is 7.02. The first kappa shape index (κ1) is 12.5. The highest BCUT2D eigenvalue weighted by Gasteiger charge is 2.10. The first-order chi connectivity index (χ1) is 8.70. The monoisotopic (exact) mass is 263 g/mol. The summed E-state index contributed by atoms with van der Waals surface area (Å²) >= 11 is 0. The Bertz CT molecular complexity index is 575. The highest BCUT2D eigenvalue weighted by molar-refractivity contribution is 7.84. The number of hydrogen-bond acceptors (Lipinski definition) is 5. The van der Waals surface area contributed by atoms with E-state index in [4.69, 9.17) is 10.5 Å². The molecular weight excluding hydrogens is 250 g/mol. The normalized spacial score (nSPS) is 12.1. The van der Waals surface area contributed by atoms with Gasteiger partial charge in [0.05, 0.1) is 46.1 Å². The lowest BCUT2D eigenvalue weighted by molar-refractivity contribution is 0.397. The molecule has 2 rings (SSSR count). The maximum absolute atomic E-state index is 12.2. The molecule has 5 nitrogen and oxygen atoms in total. The van der Waals surface area contributed by atoms with Crippen molar-refractivity contribution in [2.75, 3.05) is 12.8 Å². The van der Waals surface area contributed by atoms with Gasteiger partial charge in [-0.3, -0.25) is 9.19 Å². The largest absolute Gasteiger partial charge is 0.481 e. The second-order valence-electron chi connectivity index (χ2n) is 3.57. The van der Waals surface area contributed by atoms with Crippen molar-refractivity contribution < 1.29 is 8.95 Å². The maximum atomic E-state index is 12.2. The summed E-state index contributed by atoms with van der Waals surface area (Å²) in [4.78, 5) is 8.66. The van der Waals surface area contributed by atoms with Gasteiger partial charge in [-0.25, -0.2) is 4.98 Å². The Morgan fingerprint density at radius 3 is 2.94 bits per heavy atom. The van der Waals surface area contributed by atoms with Crippen LogP contribution >= 0.6 is 0 Å². The zero-order chi connectivity index (χ0) is 13.0. The number of nitrogen functional groups attached to an aromatic ring is 1. The van der Waals surface area contributed by atoms with Gasteiger partial charge in [0.25, 0.3) is 0 Å². The second-order valence-corrected chi connectivity index (χ2v) is 4.99. The standard InChI is InChI=1S/C12H13N3O2S/c1-17-12-4-2-3-9(15-12)8-18(16)11-5-6-14-7-10(11)13/h2-7H,8,13H2,1H3. The van der Waals surface area contributed by atoms with E-state index in [0.29, 0.717) is 27.9 Å². The van der Waals surface area contributed by atoms with Crippen LogP contribution in [0.2, 0.25) is 0 Å². The molecular formula is C12H13N3O2S. The van der Waals surface area contributed by atoms with Crippen molar-refractivity contribution in [1.29, 1.82) is 0 Å². The van der Waals surface area contributed by atoms with Crippen molar-refractivity contribution in [3.8, 4) is 5.88 Å². The molecule has 6 heteroatoms. The molecule has 0 fully saturated rings. The molecule has 0 radical (unpaired) electrons. The maximum Gasteiger partial charge on any atom is 0.213 e. The van der Waals surface area contributed by atoms with Crippen LogP contribution in [0.5, 0.6) is 5.88 Å². The summed E-state index contributed by atoms with van der Waals surface area (Å²) in [6.45, 7) is 0. The van der Waals surface area contributed by atoms with Gasteiger partial charge in [-0.2, -0.15) is 0 Å². The first-order valence-corrected chi connectivity index (χ1v) is 6.60. The van der Waals surface area contributed by atoms with E-state index in [1.165, 1.54) is 6.20 Å². The minimum absolute atomic E-state index is 0.297. The number of anilines is 1. The Morgan fingerprint density at radius 1 is 1.39 bits per heavy atom. The summed E-state index contributed by atoms with van der Waals surface area (Å²) in [6.07, 6.45) is 3.06. The smallest absolute Gasteiger partial charge is 0.213 e. The molecule has 0 aromatic carbocycles. The van der Waals surface area contributed by atoms with Crippen LogP contribution in [0.1, 0.15) is 5.69 Å². The predicted octanol–water partition coefficient (Wildman–Crippen LogP) is 1.38. The van der Waals surface area contributed by atoms with Crippen LogP contribution in [0.3, 0.4) is 0 Å². The molecule has 0 aliphatic heterocycles. The molecule has 18 heavy (non-hydrogen) atoms. The Balaban J connectivity index is 2.19. The minimum Gasteiger partial charge on any atom is -0.481 e. The van der Waals surface area contributed by atoms with Gasteiger partial charge in [0.15, 0.2) is 0 Å². The molecule has 1 unspecified atom stereocenters. The Labute approximate surface area is 107 Å². The average Bonchev–Trinajstić information content (AvgIpc) is 2.39. The van der Waals surface area contributed by atoms with Crippen molar-refractivity contribution >= 4 is 16.5 Å². The highest BCUT2D eigenvalue weighted by Crippen LogP contribution is 2.17. The zero-order valence-electron chi connectivity index (χ0n) is 9.87. The zero-order valence-corrected chi connectivity index (χ0v) is 10.7. The molecule has 0 amide bonds. The SMILES string of the molecule is COc1cccc(CS(=O)c2ccncc2N)n1. The van der Waals surface area contributed by atoms with Gasteiger partial charge in [-0.15, -0.1) is 0 Å². The molecule has 94 valence electrons. The van der Waals surface area contributed by atoms with Gasteiger partial charge < -0.3 is 10.5 Å². The predicted molar refractivity (Wildman–Crippen MR) is 69.6 cm³/mol. The number of ether oxygens (including phenoxy) is 1. The Morgan fingerprint density at radius 2 is 2.22 bits per heavy atom. The number of rotatable bonds is 4. The number of hydrogen-bond donors (Lipinski definition) is 1. The Hall–Kier alpha value is -1.95. The van der Waals surface area contributed by atoms with Gasteiger partial charge in [0.1, 0.15) is 0 Å². The van der Waals surface area contributed by atoms with Crippen LogP contribution in [0.4, 0.5) is 5.69 Å². The van der Waals surface area contributed by atoms with Crippen molar-refractivity contribution in [2.45, 2.75) is 10.6 Å². The molecule has 0 spiro atoms. The lowest BCUT2D eigenvalue weighted by Crippen LogP contribution is -2.03. The molecule has 2 heterocycles. The van der Waals surface area contributed by atoms with E-state index in [-0.39, 0.29) is 0 Å². The van der Waals surface area contributed by atoms with Gasteiger partial charge >= 0.3 is 0 Å². The van der Waals surface area contributed by atoms with Crippen LogP contribution < -0.4 is 10.5 Å². The van der Waals surface area contributed by atoms with Crippen LogP contribution in [0.25, 0.3) is 0 Å². The van der Waals surface area contributed by atoms with Crippen molar-refractivity contribution in [1.82, 2.24) is 9.97 Å². The number of nitrogens with two attached hydrogens (primary N) is 1. The number of pyridine rings is 2. The van der Waals surface area contributed by atoms with Crippen molar-refractivity contribution in [2.24, 2.45) is 0 Å². The third-order valence-electron chi connectivity index (χ3n) is 2.32. The van der Waals surface area contributed by atoms with Crippen LogP contribution in [0, 0.1) is 0 Å². The molecule has 2 aromatic heterocycles. The van der Waals surface area contributed by atoms with E-state index in [9.17, 15) is 4.21 Å². The quantitative estimate of drug-likeness (QED) is 0.901. The van der Waals surface area contributed by atoms with E-state index in [1.807, 2.05) is 6.07 Å². The summed E-state index contributed by atoms with van der Waals surface area (Å²) in [5, 5.41) is 0. The summed E-state index contributed by atoms with van der Waals surface area (Å²) in [5.41, 5.74) is 6.86. The highest BCUT2D eigenvalue weighted by atomic mass is 32.2. The molecule has 2 N–H and O–H groups in total. The fourth-order valence-corrected chi connectivity index (χ4v) is 2.58. The van der Waals surface area contributed by atoms with E-state index in [0.717, 1.165) is 0 Å². The average molecular weight is 263 g/mol. The van der Waals surface area contributed by atoms with E-state index < -0.39 is 10.8 Å². The fourth-order valence-electron chi connectivity index (χ4n) is 1.46. The van der Waals surface area contributed by atoms with Crippen LogP contribution in [-0.4, -0.2) is 21.3 Å². The van der Waals surface area contributed by atoms with E-state index >= 15 is 0 Å². The summed E-state index contributed by atoms with van der Waals surface area (Å²) in [7, 11) is 0.306. The van der Waals surface area contributed by atoms with E-state index in [2.05, 4.69) is 9.97 Å². The molecule has 0 saturated carbocycles. The van der Waals surface area contributed by atoms with Crippen LogP contribution in [0.15, 0.2) is 41.6 Å². The van der Waals surface area contributed by atoms with Gasteiger partial charge in [-0.05, 0) is 12.1 Å². The third-order valence-corrected chi connectivity index (χ3v) is 3.75. The fraction of sp³-hybridized carbons (Fsp3) is 0.167. The van der Waals surface area contributed by atoms with Crippen molar-refractivity contribution in [3.05, 3.63) is 42.4 Å².